The average Bonchev–Trinajstić information content (AvgIpc) is 3.04. The van der Waals surface area contributed by atoms with Crippen molar-refractivity contribution in [3.8, 4) is 10.6 Å². The van der Waals surface area contributed by atoms with Crippen LogP contribution in [0.4, 0.5) is 8.78 Å². The fourth-order valence-electron chi connectivity index (χ4n) is 2.69. The second-order valence-electron chi connectivity index (χ2n) is 5.63. The molecule has 1 aromatic heterocycles. The Morgan fingerprint density at radius 2 is 1.77 bits per heavy atom. The molecule has 0 N–H and O–H groups in total. The van der Waals surface area contributed by atoms with Crippen molar-refractivity contribution in [2.24, 2.45) is 0 Å². The van der Waals surface area contributed by atoms with Crippen molar-refractivity contribution in [1.29, 1.82) is 0 Å². The number of aromatic nitrogens is 1. The van der Waals surface area contributed by atoms with E-state index in [0.29, 0.717) is 25.8 Å². The summed E-state index contributed by atoms with van der Waals surface area (Å²) in [5, 5.41) is 0.843. The minimum Gasteiger partial charge on any atom is -0.289 e. The van der Waals surface area contributed by atoms with E-state index in [1.165, 1.54) is 30.3 Å². The van der Waals surface area contributed by atoms with E-state index in [4.69, 9.17) is 11.6 Å². The highest BCUT2D eigenvalue weighted by molar-refractivity contribution is 7.21. The van der Waals surface area contributed by atoms with Crippen LogP contribution in [-0.4, -0.2) is 10.8 Å². The Bertz CT molecular complexity index is 1140. The number of benzene rings is 3. The third-order valence-corrected chi connectivity index (χ3v) is 5.22. The summed E-state index contributed by atoms with van der Waals surface area (Å²) in [5.41, 5.74) is 1.27. The number of hydrogen-bond acceptors (Lipinski definition) is 3. The van der Waals surface area contributed by atoms with Crippen LogP contribution < -0.4 is 0 Å². The normalized spacial score (nSPS) is 11.0. The molecule has 128 valence electrons. The number of carbonyl (C=O) groups is 1. The molecule has 0 unspecified atom stereocenters. The molecule has 26 heavy (non-hydrogen) atoms. The van der Waals surface area contributed by atoms with Gasteiger partial charge in [-0.1, -0.05) is 23.7 Å². The molecule has 0 radical (unpaired) electrons. The lowest BCUT2D eigenvalue weighted by molar-refractivity contribution is 0.103. The Kier molecular flexibility index (Phi) is 4.26. The summed E-state index contributed by atoms with van der Waals surface area (Å²) < 4.78 is 28.6. The number of halogens is 3. The summed E-state index contributed by atoms with van der Waals surface area (Å²) >= 11 is 7.01. The van der Waals surface area contributed by atoms with Crippen LogP contribution in [0.1, 0.15) is 15.9 Å². The number of carbonyl (C=O) groups excluding carboxylic acids is 1. The Balaban J connectivity index is 1.88. The number of ketones is 1. The number of rotatable bonds is 3. The van der Waals surface area contributed by atoms with Gasteiger partial charge in [0.25, 0.3) is 0 Å². The largest absolute Gasteiger partial charge is 0.289 e. The zero-order valence-corrected chi connectivity index (χ0v) is 14.7. The molecule has 0 saturated carbocycles. The second-order valence-corrected chi connectivity index (χ2v) is 7.10. The fraction of sp³-hybridized carbons (Fsp3) is 0. The molecule has 0 saturated heterocycles. The number of nitrogens with zero attached hydrogens (tertiary/aromatic N) is 1. The van der Waals surface area contributed by atoms with E-state index in [1.54, 1.807) is 30.3 Å². The van der Waals surface area contributed by atoms with Crippen LogP contribution in [0.3, 0.4) is 0 Å². The van der Waals surface area contributed by atoms with Crippen LogP contribution in [0.2, 0.25) is 5.02 Å². The molecule has 0 bridgehead atoms. The van der Waals surface area contributed by atoms with Crippen molar-refractivity contribution in [2.75, 3.05) is 0 Å². The summed E-state index contributed by atoms with van der Waals surface area (Å²) in [6, 6.07) is 14.9. The Morgan fingerprint density at radius 1 is 1.00 bits per heavy atom. The van der Waals surface area contributed by atoms with Gasteiger partial charge in [-0.15, -0.1) is 11.3 Å². The average molecular weight is 386 g/mol. The second kappa shape index (κ2) is 6.59. The van der Waals surface area contributed by atoms with Crippen LogP contribution in [0.25, 0.3) is 20.8 Å². The number of fused-ring (bicyclic) bond motifs is 1. The summed E-state index contributed by atoms with van der Waals surface area (Å²) in [4.78, 5) is 17.3. The number of hydrogen-bond donors (Lipinski definition) is 0. The first-order valence-corrected chi connectivity index (χ1v) is 8.87. The van der Waals surface area contributed by atoms with Gasteiger partial charge in [-0.2, -0.15) is 0 Å². The van der Waals surface area contributed by atoms with E-state index in [1.807, 2.05) is 0 Å². The summed E-state index contributed by atoms with van der Waals surface area (Å²) in [5.74, 6) is -1.27. The van der Waals surface area contributed by atoms with Crippen LogP contribution in [-0.2, 0) is 0 Å². The van der Waals surface area contributed by atoms with E-state index in [9.17, 15) is 13.6 Å². The zero-order valence-electron chi connectivity index (χ0n) is 13.2. The highest BCUT2D eigenvalue weighted by Gasteiger charge is 2.21. The van der Waals surface area contributed by atoms with E-state index >= 15 is 0 Å². The molecule has 0 aliphatic rings. The lowest BCUT2D eigenvalue weighted by Gasteiger charge is -2.08. The molecule has 2 nitrogen and oxygen atoms in total. The Hall–Kier alpha value is -2.63. The van der Waals surface area contributed by atoms with Gasteiger partial charge in [0.15, 0.2) is 5.78 Å². The quantitative estimate of drug-likeness (QED) is 0.397. The van der Waals surface area contributed by atoms with Gasteiger partial charge < -0.3 is 0 Å². The number of thiazole rings is 1. The van der Waals surface area contributed by atoms with Gasteiger partial charge >= 0.3 is 0 Å². The molecule has 1 heterocycles. The van der Waals surface area contributed by atoms with Gasteiger partial charge in [0.1, 0.15) is 16.6 Å². The van der Waals surface area contributed by atoms with Crippen molar-refractivity contribution in [3.63, 3.8) is 0 Å². The van der Waals surface area contributed by atoms with E-state index in [-0.39, 0.29) is 16.9 Å². The molecule has 3 aromatic carbocycles. The predicted molar refractivity (Wildman–Crippen MR) is 99.9 cm³/mol. The Morgan fingerprint density at radius 3 is 2.54 bits per heavy atom. The first-order chi connectivity index (χ1) is 12.5. The van der Waals surface area contributed by atoms with Gasteiger partial charge in [0, 0.05) is 16.1 Å². The summed E-state index contributed by atoms with van der Waals surface area (Å²) in [6.45, 7) is 0. The molecule has 0 aliphatic carbocycles. The SMILES string of the molecule is O=C(c1ccc(Cl)cc1)c1cccc(F)c1-c1nc2ccc(F)cc2s1. The third-order valence-electron chi connectivity index (χ3n) is 3.93. The topological polar surface area (TPSA) is 30.0 Å². The van der Waals surface area contributed by atoms with Gasteiger partial charge in [0.2, 0.25) is 0 Å². The van der Waals surface area contributed by atoms with E-state index in [2.05, 4.69) is 4.98 Å². The molecule has 0 fully saturated rings. The molecule has 0 atom stereocenters. The minimum absolute atomic E-state index is 0.119. The molecule has 0 spiro atoms. The van der Waals surface area contributed by atoms with Crippen LogP contribution >= 0.6 is 22.9 Å². The monoisotopic (exact) mass is 385 g/mol. The van der Waals surface area contributed by atoms with Crippen LogP contribution in [0, 0.1) is 11.6 Å². The summed E-state index contributed by atoms with van der Waals surface area (Å²) in [6.07, 6.45) is 0. The van der Waals surface area contributed by atoms with Crippen molar-refractivity contribution in [2.45, 2.75) is 0 Å². The first kappa shape index (κ1) is 16.8. The molecule has 0 aliphatic heterocycles. The van der Waals surface area contributed by atoms with Crippen LogP contribution in [0.5, 0.6) is 0 Å². The van der Waals surface area contributed by atoms with Crippen molar-refractivity contribution >= 4 is 38.9 Å². The lowest BCUT2D eigenvalue weighted by Crippen LogP contribution is -2.05. The van der Waals surface area contributed by atoms with Gasteiger partial charge in [0.05, 0.1) is 15.8 Å². The molecule has 4 rings (SSSR count). The predicted octanol–water partition coefficient (Wildman–Crippen LogP) is 6.13. The highest BCUT2D eigenvalue weighted by Crippen LogP contribution is 2.35. The van der Waals surface area contributed by atoms with E-state index in [0.717, 1.165) is 11.3 Å². The molecular weight excluding hydrogens is 376 g/mol. The van der Waals surface area contributed by atoms with Crippen LogP contribution in [0.15, 0.2) is 60.7 Å². The molecule has 6 heteroatoms. The standard InChI is InChI=1S/C20H10ClF2NOS/c21-12-6-4-11(5-7-12)19(25)14-2-1-3-15(23)18(14)20-24-16-9-8-13(22)10-17(16)26-20/h1-10H. The fourth-order valence-corrected chi connectivity index (χ4v) is 3.87. The van der Waals surface area contributed by atoms with Gasteiger partial charge in [-0.3, -0.25) is 4.79 Å². The van der Waals surface area contributed by atoms with Crippen molar-refractivity contribution in [1.82, 2.24) is 4.98 Å². The zero-order chi connectivity index (χ0) is 18.3. The molecule has 4 aromatic rings. The smallest absolute Gasteiger partial charge is 0.193 e. The molecular formula is C20H10ClF2NOS. The van der Waals surface area contributed by atoms with Gasteiger partial charge in [-0.05, 0) is 48.5 Å². The van der Waals surface area contributed by atoms with Gasteiger partial charge in [-0.25, -0.2) is 13.8 Å². The maximum atomic E-state index is 14.6. The van der Waals surface area contributed by atoms with Crippen molar-refractivity contribution < 1.29 is 13.6 Å². The minimum atomic E-state index is -0.552. The van der Waals surface area contributed by atoms with E-state index < -0.39 is 11.6 Å². The summed E-state index contributed by atoms with van der Waals surface area (Å²) in [7, 11) is 0. The molecule has 0 amide bonds. The Labute approximate surface area is 156 Å². The maximum absolute atomic E-state index is 14.6. The first-order valence-electron chi connectivity index (χ1n) is 7.68. The maximum Gasteiger partial charge on any atom is 0.193 e. The lowest BCUT2D eigenvalue weighted by atomic mass is 9.98. The van der Waals surface area contributed by atoms with Crippen molar-refractivity contribution in [3.05, 3.63) is 88.4 Å². The third kappa shape index (κ3) is 3.00. The highest BCUT2D eigenvalue weighted by atomic mass is 35.5.